The van der Waals surface area contributed by atoms with Crippen molar-refractivity contribution in [2.45, 2.75) is 23.9 Å². The van der Waals surface area contributed by atoms with Crippen molar-refractivity contribution in [2.75, 3.05) is 16.0 Å². The van der Waals surface area contributed by atoms with Crippen molar-refractivity contribution in [1.82, 2.24) is 10.2 Å². The molecule has 0 spiro atoms. The summed E-state index contributed by atoms with van der Waals surface area (Å²) in [6.07, 6.45) is -5.68. The second-order valence-electron chi connectivity index (χ2n) is 6.23. The van der Waals surface area contributed by atoms with Crippen molar-refractivity contribution in [3.05, 3.63) is 41.8 Å². The van der Waals surface area contributed by atoms with Crippen LogP contribution in [0.3, 0.4) is 0 Å². The Kier molecular flexibility index (Phi) is 5.52. The Morgan fingerprint density at radius 3 is 2.80 bits per heavy atom. The molecule has 2 aromatic heterocycles. The van der Waals surface area contributed by atoms with Gasteiger partial charge in [0.25, 0.3) is 11.1 Å². The molecule has 0 saturated carbocycles. The van der Waals surface area contributed by atoms with Gasteiger partial charge in [-0.05, 0) is 23.6 Å². The van der Waals surface area contributed by atoms with Crippen LogP contribution in [0.25, 0.3) is 10.8 Å². The van der Waals surface area contributed by atoms with Gasteiger partial charge in [-0.2, -0.15) is 13.2 Å². The number of hydrogen-bond donors (Lipinski definition) is 1. The van der Waals surface area contributed by atoms with E-state index in [1.54, 1.807) is 12.1 Å². The van der Waals surface area contributed by atoms with E-state index >= 15 is 0 Å². The molecule has 0 radical (unpaired) electrons. The maximum atomic E-state index is 13.7. The van der Waals surface area contributed by atoms with E-state index < -0.39 is 30.5 Å². The van der Waals surface area contributed by atoms with Crippen molar-refractivity contribution in [3.63, 3.8) is 0 Å². The van der Waals surface area contributed by atoms with Crippen molar-refractivity contribution >= 4 is 46.3 Å². The number of fused-ring (bicyclic) bond motifs is 1. The highest BCUT2D eigenvalue weighted by Gasteiger charge is 2.48. The molecule has 2 amide bonds. The van der Waals surface area contributed by atoms with Gasteiger partial charge in [-0.25, -0.2) is 0 Å². The zero-order valence-electron chi connectivity index (χ0n) is 15.0. The van der Waals surface area contributed by atoms with Crippen LogP contribution in [0.1, 0.15) is 6.42 Å². The first-order valence-corrected chi connectivity index (χ1v) is 10.5. The molecule has 0 bridgehead atoms. The topological polar surface area (TPSA) is 88.3 Å². The van der Waals surface area contributed by atoms with Crippen LogP contribution in [0.15, 0.2) is 51.4 Å². The number of thiophene rings is 1. The second-order valence-corrected chi connectivity index (χ2v) is 8.10. The van der Waals surface area contributed by atoms with E-state index in [0.29, 0.717) is 4.90 Å². The number of para-hydroxylation sites is 2. The third-order valence-corrected chi connectivity index (χ3v) is 5.89. The molecule has 1 N–H and O–H groups in total. The van der Waals surface area contributed by atoms with Crippen molar-refractivity contribution in [3.8, 4) is 10.8 Å². The lowest BCUT2D eigenvalue weighted by molar-refractivity contribution is -0.157. The number of rotatable bonds is 4. The summed E-state index contributed by atoms with van der Waals surface area (Å²) in [5.41, 5.74) is 0.131. The molecule has 0 aliphatic carbocycles. The highest BCUT2D eigenvalue weighted by atomic mass is 32.2. The number of carbonyl (C=O) groups is 2. The van der Waals surface area contributed by atoms with Crippen LogP contribution >= 0.6 is 23.1 Å². The van der Waals surface area contributed by atoms with Crippen LogP contribution in [-0.4, -0.2) is 40.0 Å². The molecule has 4 rings (SSSR count). The maximum absolute atomic E-state index is 13.7. The summed E-state index contributed by atoms with van der Waals surface area (Å²) in [4.78, 5) is 26.2. The average Bonchev–Trinajstić information content (AvgIpc) is 3.35. The minimum absolute atomic E-state index is 0.0129. The average molecular weight is 454 g/mol. The van der Waals surface area contributed by atoms with E-state index in [2.05, 4.69) is 15.5 Å². The monoisotopic (exact) mass is 454 g/mol. The predicted octanol–water partition coefficient (Wildman–Crippen LogP) is 4.20. The molecule has 1 aliphatic heterocycles. The molecule has 30 heavy (non-hydrogen) atoms. The quantitative estimate of drug-likeness (QED) is 0.595. The molecule has 0 fully saturated rings. The molecule has 3 aromatic rings. The molecule has 12 heteroatoms. The molecule has 7 nitrogen and oxygen atoms in total. The van der Waals surface area contributed by atoms with Gasteiger partial charge in [-0.1, -0.05) is 30.0 Å². The largest absolute Gasteiger partial charge is 0.410 e. The Hall–Kier alpha value is -2.86. The molecule has 1 aliphatic rings. The van der Waals surface area contributed by atoms with E-state index in [0.717, 1.165) is 16.6 Å². The number of alkyl halides is 3. The van der Waals surface area contributed by atoms with Gasteiger partial charge in [0.15, 0.2) is 0 Å². The van der Waals surface area contributed by atoms with E-state index in [1.165, 1.54) is 29.5 Å². The van der Waals surface area contributed by atoms with E-state index in [-0.39, 0.29) is 28.2 Å². The summed E-state index contributed by atoms with van der Waals surface area (Å²) in [6, 6.07) is 7.19. The number of carbonyl (C=O) groups excluding carboxylic acids is 2. The number of amides is 2. The number of benzene rings is 1. The molecule has 1 unspecified atom stereocenters. The van der Waals surface area contributed by atoms with Crippen molar-refractivity contribution in [2.24, 2.45) is 0 Å². The minimum atomic E-state index is -4.79. The lowest BCUT2D eigenvalue weighted by Gasteiger charge is -2.31. The number of nitrogens with zero attached hydrogens (tertiary/aromatic N) is 3. The molecule has 156 valence electrons. The number of thioether (sulfide) groups is 1. The molecule has 1 atom stereocenters. The van der Waals surface area contributed by atoms with E-state index in [9.17, 15) is 22.8 Å². The number of halogens is 3. The summed E-state index contributed by atoms with van der Waals surface area (Å²) in [5, 5.41) is 12.0. The summed E-state index contributed by atoms with van der Waals surface area (Å²) < 4.78 is 46.6. The zero-order chi connectivity index (χ0) is 21.3. The lowest BCUT2D eigenvalue weighted by atomic mass is 10.1. The van der Waals surface area contributed by atoms with Gasteiger partial charge in [0.1, 0.15) is 6.04 Å². The molecule has 3 heterocycles. The fraction of sp³-hybridized carbons (Fsp3) is 0.222. The van der Waals surface area contributed by atoms with Gasteiger partial charge in [0.2, 0.25) is 11.8 Å². The summed E-state index contributed by atoms with van der Waals surface area (Å²) in [5.74, 6) is -1.75. The third-order valence-electron chi connectivity index (χ3n) is 4.23. The van der Waals surface area contributed by atoms with Crippen LogP contribution in [0.5, 0.6) is 0 Å². The Morgan fingerprint density at radius 2 is 2.07 bits per heavy atom. The molecular weight excluding hydrogens is 441 g/mol. The minimum Gasteiger partial charge on any atom is -0.410 e. The van der Waals surface area contributed by atoms with Crippen LogP contribution in [0.4, 0.5) is 24.5 Å². The fourth-order valence-corrected chi connectivity index (χ4v) is 4.22. The first-order valence-electron chi connectivity index (χ1n) is 8.61. The zero-order valence-corrected chi connectivity index (χ0v) is 16.7. The van der Waals surface area contributed by atoms with Gasteiger partial charge >= 0.3 is 6.18 Å². The number of anilines is 2. The van der Waals surface area contributed by atoms with Gasteiger partial charge < -0.3 is 9.73 Å². The van der Waals surface area contributed by atoms with Gasteiger partial charge in [-0.3, -0.25) is 14.5 Å². The Bertz CT molecular complexity index is 1070. The van der Waals surface area contributed by atoms with Crippen molar-refractivity contribution < 1.29 is 27.2 Å². The summed E-state index contributed by atoms with van der Waals surface area (Å²) in [7, 11) is 0. The maximum Gasteiger partial charge on any atom is 0.409 e. The third kappa shape index (κ3) is 4.19. The Labute approximate surface area is 176 Å². The summed E-state index contributed by atoms with van der Waals surface area (Å²) >= 11 is 2.23. The van der Waals surface area contributed by atoms with Crippen LogP contribution in [0, 0.1) is 0 Å². The first kappa shape index (κ1) is 20.4. The smallest absolute Gasteiger partial charge is 0.409 e. The fourth-order valence-electron chi connectivity index (χ4n) is 2.96. The van der Waals surface area contributed by atoms with Crippen LogP contribution in [0.2, 0.25) is 0 Å². The number of nitrogens with one attached hydrogen (secondary N) is 1. The second kappa shape index (κ2) is 8.11. The Morgan fingerprint density at radius 1 is 1.27 bits per heavy atom. The first-order chi connectivity index (χ1) is 14.3. The van der Waals surface area contributed by atoms with Gasteiger partial charge in [-0.15, -0.1) is 21.5 Å². The number of hydrogen-bond acceptors (Lipinski definition) is 7. The highest BCUT2D eigenvalue weighted by Crippen LogP contribution is 2.38. The van der Waals surface area contributed by atoms with Gasteiger partial charge in [0.05, 0.1) is 28.4 Å². The van der Waals surface area contributed by atoms with Crippen LogP contribution in [-0.2, 0) is 9.59 Å². The van der Waals surface area contributed by atoms with E-state index in [4.69, 9.17) is 4.42 Å². The standard InChI is InChI=1S/C18H13F3N4O3S2/c19-18(20,21)13-8-14(26)22-10-4-1-2-5-11(10)25(13)15(27)9-30-17-24-23-16(28-17)12-6-3-7-29-12/h1-7,13H,8-9H2,(H,22,26). The highest BCUT2D eigenvalue weighted by molar-refractivity contribution is 7.99. The van der Waals surface area contributed by atoms with Crippen LogP contribution < -0.4 is 10.2 Å². The van der Waals surface area contributed by atoms with Gasteiger partial charge in [0, 0.05) is 0 Å². The van der Waals surface area contributed by atoms with E-state index in [1.807, 2.05) is 11.4 Å². The lowest BCUT2D eigenvalue weighted by Crippen LogP contribution is -2.50. The normalized spacial score (nSPS) is 16.7. The SMILES string of the molecule is O=C1CC(C(F)(F)F)N(C(=O)CSc2nnc(-c3cccs3)o2)c2ccccc2N1. The molecular formula is C18H13F3N4O3S2. The molecule has 1 aromatic carbocycles. The number of aromatic nitrogens is 2. The summed E-state index contributed by atoms with van der Waals surface area (Å²) in [6.45, 7) is 0. The molecule has 0 saturated heterocycles. The van der Waals surface area contributed by atoms with Crippen molar-refractivity contribution in [1.29, 1.82) is 0 Å². The predicted molar refractivity (Wildman–Crippen MR) is 105 cm³/mol. The Balaban J connectivity index is 1.58.